The standard InChI is InChI=1S/C16H8BrClN2O4S2/c17-12-7-11(20(23)24)4-8(14(12)21)5-13-15(22)19(16(25)26-13)10-3-1-2-9(18)6-10/h1-7,21H/b13-5-. The van der Waals surface area contributed by atoms with Crippen molar-refractivity contribution in [1.29, 1.82) is 0 Å². The summed E-state index contributed by atoms with van der Waals surface area (Å²) in [4.78, 5) is 24.7. The number of nitro benzene ring substituents is 1. The number of thiocarbonyl (C=S) groups is 1. The van der Waals surface area contributed by atoms with Crippen molar-refractivity contribution < 1.29 is 14.8 Å². The first-order chi connectivity index (χ1) is 12.3. The van der Waals surface area contributed by atoms with Crippen molar-refractivity contribution in [2.24, 2.45) is 0 Å². The number of halogens is 2. The van der Waals surface area contributed by atoms with E-state index in [0.29, 0.717) is 15.0 Å². The zero-order chi connectivity index (χ0) is 19.0. The number of phenolic OH excluding ortho intramolecular Hbond substituents is 1. The van der Waals surface area contributed by atoms with E-state index in [0.717, 1.165) is 11.8 Å². The average molecular weight is 472 g/mol. The number of rotatable bonds is 3. The molecule has 2 aromatic carbocycles. The predicted molar refractivity (Wildman–Crippen MR) is 110 cm³/mol. The second kappa shape index (κ2) is 7.36. The molecule has 1 N–H and O–H groups in total. The van der Waals surface area contributed by atoms with Gasteiger partial charge in [0, 0.05) is 22.7 Å². The largest absolute Gasteiger partial charge is 0.506 e. The lowest BCUT2D eigenvalue weighted by Gasteiger charge is -2.14. The molecule has 0 unspecified atom stereocenters. The van der Waals surface area contributed by atoms with Gasteiger partial charge in [-0.05, 0) is 40.2 Å². The molecule has 0 radical (unpaired) electrons. The third-order valence-corrected chi connectivity index (χ3v) is 5.58. The Hall–Kier alpha value is -1.94. The number of carbonyl (C=O) groups excluding carboxylic acids is 1. The first-order valence-electron chi connectivity index (χ1n) is 6.98. The maximum absolute atomic E-state index is 12.7. The summed E-state index contributed by atoms with van der Waals surface area (Å²) >= 11 is 15.3. The van der Waals surface area contributed by atoms with E-state index < -0.39 is 10.8 Å². The van der Waals surface area contributed by atoms with Crippen LogP contribution in [-0.2, 0) is 4.79 Å². The Morgan fingerprint density at radius 1 is 1.35 bits per heavy atom. The van der Waals surface area contributed by atoms with Crippen molar-refractivity contribution in [3.63, 3.8) is 0 Å². The van der Waals surface area contributed by atoms with Gasteiger partial charge in [-0.15, -0.1) is 0 Å². The third kappa shape index (κ3) is 3.61. The Morgan fingerprint density at radius 3 is 2.73 bits per heavy atom. The molecule has 1 amide bonds. The highest BCUT2D eigenvalue weighted by Gasteiger charge is 2.33. The number of nitrogens with zero attached hydrogens (tertiary/aromatic N) is 2. The number of amides is 1. The fraction of sp³-hybridized carbons (Fsp3) is 0. The van der Waals surface area contributed by atoms with Gasteiger partial charge < -0.3 is 5.11 Å². The Morgan fingerprint density at radius 2 is 2.08 bits per heavy atom. The van der Waals surface area contributed by atoms with E-state index in [1.807, 2.05) is 0 Å². The van der Waals surface area contributed by atoms with E-state index in [-0.39, 0.29) is 26.4 Å². The first-order valence-corrected chi connectivity index (χ1v) is 9.38. The summed E-state index contributed by atoms with van der Waals surface area (Å²) < 4.78 is 0.454. The number of benzene rings is 2. The van der Waals surface area contributed by atoms with Gasteiger partial charge in [0.2, 0.25) is 0 Å². The molecule has 1 aliphatic heterocycles. The summed E-state index contributed by atoms with van der Waals surface area (Å²) in [7, 11) is 0. The van der Waals surface area contributed by atoms with Gasteiger partial charge in [-0.1, -0.05) is 41.6 Å². The molecule has 10 heteroatoms. The minimum absolute atomic E-state index is 0.137. The summed E-state index contributed by atoms with van der Waals surface area (Å²) in [6, 6.07) is 9.05. The highest BCUT2D eigenvalue weighted by molar-refractivity contribution is 9.10. The molecule has 2 aromatic rings. The van der Waals surface area contributed by atoms with Crippen LogP contribution in [0.5, 0.6) is 5.75 Å². The summed E-state index contributed by atoms with van der Waals surface area (Å²) in [6.07, 6.45) is 1.37. The van der Waals surface area contributed by atoms with Crippen molar-refractivity contribution in [3.05, 3.63) is 66.5 Å². The fourth-order valence-corrected chi connectivity index (χ4v) is 4.21. The molecule has 132 valence electrons. The van der Waals surface area contributed by atoms with E-state index in [4.69, 9.17) is 23.8 Å². The number of carbonyl (C=O) groups is 1. The molecule has 0 saturated carbocycles. The first kappa shape index (κ1) is 18.8. The molecule has 1 aliphatic rings. The van der Waals surface area contributed by atoms with Crippen LogP contribution >= 0.6 is 51.5 Å². The molecular formula is C16H8BrClN2O4S2. The van der Waals surface area contributed by atoms with Gasteiger partial charge in [0.05, 0.1) is 20.0 Å². The number of aromatic hydroxyl groups is 1. The fourth-order valence-electron chi connectivity index (χ4n) is 2.27. The van der Waals surface area contributed by atoms with E-state index in [1.54, 1.807) is 24.3 Å². The van der Waals surface area contributed by atoms with Gasteiger partial charge in [-0.3, -0.25) is 19.8 Å². The zero-order valence-electron chi connectivity index (χ0n) is 12.7. The maximum Gasteiger partial charge on any atom is 0.271 e. The minimum Gasteiger partial charge on any atom is -0.506 e. The number of non-ortho nitro benzene ring substituents is 1. The lowest BCUT2D eigenvalue weighted by Crippen LogP contribution is -2.27. The van der Waals surface area contributed by atoms with E-state index in [2.05, 4.69) is 15.9 Å². The Kier molecular flexibility index (Phi) is 5.33. The quantitative estimate of drug-likeness (QED) is 0.289. The monoisotopic (exact) mass is 470 g/mol. The van der Waals surface area contributed by atoms with Gasteiger partial charge >= 0.3 is 0 Å². The zero-order valence-corrected chi connectivity index (χ0v) is 16.7. The Labute approximate surface area is 170 Å². The summed E-state index contributed by atoms with van der Waals surface area (Å²) in [6.45, 7) is 0. The van der Waals surface area contributed by atoms with Crippen molar-refractivity contribution in [2.75, 3.05) is 4.90 Å². The number of nitro groups is 1. The Bertz CT molecular complexity index is 996. The molecule has 6 nitrogen and oxygen atoms in total. The van der Waals surface area contributed by atoms with Crippen molar-refractivity contribution in [1.82, 2.24) is 0 Å². The molecule has 3 rings (SSSR count). The van der Waals surface area contributed by atoms with Gasteiger partial charge in [0.1, 0.15) is 5.75 Å². The normalized spacial score (nSPS) is 15.8. The van der Waals surface area contributed by atoms with Crippen LogP contribution in [0.4, 0.5) is 11.4 Å². The molecule has 0 bridgehead atoms. The highest BCUT2D eigenvalue weighted by atomic mass is 79.9. The smallest absolute Gasteiger partial charge is 0.271 e. The summed E-state index contributed by atoms with van der Waals surface area (Å²) in [5, 5.41) is 21.6. The Balaban J connectivity index is 2.02. The van der Waals surface area contributed by atoms with Crippen LogP contribution < -0.4 is 4.90 Å². The molecule has 26 heavy (non-hydrogen) atoms. The molecule has 0 atom stereocenters. The van der Waals surface area contributed by atoms with E-state index in [1.165, 1.54) is 23.1 Å². The van der Waals surface area contributed by atoms with Gasteiger partial charge in [0.15, 0.2) is 4.32 Å². The van der Waals surface area contributed by atoms with Gasteiger partial charge in [-0.25, -0.2) is 0 Å². The number of thioether (sulfide) groups is 1. The summed E-state index contributed by atoms with van der Waals surface area (Å²) in [5.74, 6) is -0.604. The van der Waals surface area contributed by atoms with Crippen LogP contribution in [0.15, 0.2) is 45.8 Å². The SMILES string of the molecule is O=C1/C(=C/c2cc([N+](=O)[O-])cc(Br)c2O)SC(=S)N1c1cccc(Cl)c1. The average Bonchev–Trinajstić information content (AvgIpc) is 2.85. The molecule has 0 aliphatic carbocycles. The van der Waals surface area contributed by atoms with Crippen molar-refractivity contribution in [3.8, 4) is 5.75 Å². The second-order valence-corrected chi connectivity index (χ2v) is 8.09. The van der Waals surface area contributed by atoms with Crippen LogP contribution in [-0.4, -0.2) is 20.3 Å². The highest BCUT2D eigenvalue weighted by Crippen LogP contribution is 2.39. The number of hydrogen-bond donors (Lipinski definition) is 1. The molecule has 0 aromatic heterocycles. The topological polar surface area (TPSA) is 83.7 Å². The van der Waals surface area contributed by atoms with Crippen molar-refractivity contribution in [2.45, 2.75) is 0 Å². The predicted octanol–water partition coefficient (Wildman–Crippen LogP) is 5.12. The summed E-state index contributed by atoms with van der Waals surface area (Å²) in [5.41, 5.74) is 0.441. The van der Waals surface area contributed by atoms with E-state index in [9.17, 15) is 20.0 Å². The molecule has 0 spiro atoms. The number of hydrogen-bond acceptors (Lipinski definition) is 6. The van der Waals surface area contributed by atoms with Crippen LogP contribution in [0.1, 0.15) is 5.56 Å². The molecule has 1 fully saturated rings. The third-order valence-electron chi connectivity index (χ3n) is 3.44. The van der Waals surface area contributed by atoms with Crippen LogP contribution in [0.25, 0.3) is 6.08 Å². The van der Waals surface area contributed by atoms with E-state index >= 15 is 0 Å². The lowest BCUT2D eigenvalue weighted by molar-refractivity contribution is -0.385. The van der Waals surface area contributed by atoms with Crippen molar-refractivity contribution >= 4 is 79.2 Å². The lowest BCUT2D eigenvalue weighted by atomic mass is 10.1. The molecule has 1 saturated heterocycles. The molecule has 1 heterocycles. The van der Waals surface area contributed by atoms with Gasteiger partial charge in [0.25, 0.3) is 11.6 Å². The minimum atomic E-state index is -0.585. The van der Waals surface area contributed by atoms with Crippen LogP contribution in [0, 0.1) is 10.1 Å². The number of anilines is 1. The van der Waals surface area contributed by atoms with Gasteiger partial charge in [-0.2, -0.15) is 0 Å². The maximum atomic E-state index is 12.7. The number of phenols is 1. The van der Waals surface area contributed by atoms with Crippen LogP contribution in [0.2, 0.25) is 5.02 Å². The second-order valence-electron chi connectivity index (χ2n) is 5.12. The molecular weight excluding hydrogens is 464 g/mol. The van der Waals surface area contributed by atoms with Crippen LogP contribution in [0.3, 0.4) is 0 Å².